The zero-order valence-electron chi connectivity index (χ0n) is 16.7. The molecule has 29 heavy (non-hydrogen) atoms. The Balaban J connectivity index is 1.42. The zero-order valence-corrected chi connectivity index (χ0v) is 16.7. The fourth-order valence-electron chi connectivity index (χ4n) is 3.60. The van der Waals surface area contributed by atoms with Gasteiger partial charge in [0.1, 0.15) is 11.5 Å². The maximum atomic E-state index is 5.98. The van der Waals surface area contributed by atoms with Crippen molar-refractivity contribution in [2.75, 3.05) is 32.8 Å². The summed E-state index contributed by atoms with van der Waals surface area (Å²) < 4.78 is 11.5. The summed E-state index contributed by atoms with van der Waals surface area (Å²) in [7, 11) is 0. The molecule has 1 saturated heterocycles. The van der Waals surface area contributed by atoms with Crippen molar-refractivity contribution >= 4 is 0 Å². The third-order valence-corrected chi connectivity index (χ3v) is 5.18. The molecule has 1 atom stereocenters. The van der Waals surface area contributed by atoms with Crippen LogP contribution in [0.3, 0.4) is 0 Å². The number of benzene rings is 3. The van der Waals surface area contributed by atoms with Crippen LogP contribution in [0.2, 0.25) is 0 Å². The quantitative estimate of drug-likeness (QED) is 0.609. The molecular weight excluding hydrogens is 360 g/mol. The highest BCUT2D eigenvalue weighted by molar-refractivity contribution is 5.34. The maximum Gasteiger partial charge on any atom is 0.127 e. The third-order valence-electron chi connectivity index (χ3n) is 5.18. The minimum atomic E-state index is 0.271. The first-order valence-corrected chi connectivity index (χ1v) is 10.3. The SMILES string of the molecule is c1ccc(Oc2cccc(CNC(CN3CCOCC3)c3ccccc3)c2)cc1. The van der Waals surface area contributed by atoms with E-state index in [-0.39, 0.29) is 6.04 Å². The highest BCUT2D eigenvalue weighted by Gasteiger charge is 2.18. The molecule has 0 spiro atoms. The van der Waals surface area contributed by atoms with Crippen LogP contribution in [0.15, 0.2) is 84.9 Å². The van der Waals surface area contributed by atoms with Crippen LogP contribution in [-0.4, -0.2) is 37.7 Å². The van der Waals surface area contributed by atoms with E-state index in [1.54, 1.807) is 0 Å². The molecule has 1 aliphatic rings. The minimum Gasteiger partial charge on any atom is -0.457 e. The third kappa shape index (κ3) is 5.91. The van der Waals surface area contributed by atoms with Gasteiger partial charge in [-0.05, 0) is 35.4 Å². The van der Waals surface area contributed by atoms with Crippen molar-refractivity contribution < 1.29 is 9.47 Å². The van der Waals surface area contributed by atoms with E-state index in [4.69, 9.17) is 9.47 Å². The van der Waals surface area contributed by atoms with E-state index < -0.39 is 0 Å². The second kappa shape index (κ2) is 10.2. The largest absolute Gasteiger partial charge is 0.457 e. The van der Waals surface area contributed by atoms with Gasteiger partial charge in [-0.3, -0.25) is 4.90 Å². The van der Waals surface area contributed by atoms with Crippen LogP contribution in [0.5, 0.6) is 11.5 Å². The summed E-state index contributed by atoms with van der Waals surface area (Å²) in [5.74, 6) is 1.71. The van der Waals surface area contributed by atoms with Gasteiger partial charge in [0.25, 0.3) is 0 Å². The number of hydrogen-bond acceptors (Lipinski definition) is 4. The highest BCUT2D eigenvalue weighted by Crippen LogP contribution is 2.22. The molecule has 1 heterocycles. The summed E-state index contributed by atoms with van der Waals surface area (Å²) in [6.07, 6.45) is 0. The van der Waals surface area contributed by atoms with Crippen LogP contribution in [0.1, 0.15) is 17.2 Å². The van der Waals surface area contributed by atoms with Gasteiger partial charge >= 0.3 is 0 Å². The summed E-state index contributed by atoms with van der Waals surface area (Å²) in [5, 5.41) is 3.75. The zero-order chi connectivity index (χ0) is 19.7. The van der Waals surface area contributed by atoms with Crippen LogP contribution < -0.4 is 10.1 Å². The molecule has 3 aromatic carbocycles. The number of rotatable bonds is 8. The van der Waals surface area contributed by atoms with E-state index in [2.05, 4.69) is 58.7 Å². The lowest BCUT2D eigenvalue weighted by Gasteiger charge is -2.31. The maximum absolute atomic E-state index is 5.98. The van der Waals surface area contributed by atoms with Gasteiger partial charge in [0.05, 0.1) is 13.2 Å². The Hall–Kier alpha value is -2.66. The molecular formula is C25H28N2O2. The predicted octanol–water partition coefficient (Wildman–Crippen LogP) is 4.64. The summed E-state index contributed by atoms with van der Waals surface area (Å²) in [6.45, 7) is 5.39. The van der Waals surface area contributed by atoms with E-state index in [1.807, 2.05) is 36.4 Å². The highest BCUT2D eigenvalue weighted by atomic mass is 16.5. The number of nitrogens with one attached hydrogen (secondary N) is 1. The van der Waals surface area contributed by atoms with Crippen LogP contribution in [0.25, 0.3) is 0 Å². The fourth-order valence-corrected chi connectivity index (χ4v) is 3.60. The molecule has 4 rings (SSSR count). The lowest BCUT2D eigenvalue weighted by atomic mass is 10.1. The standard InChI is InChI=1S/C25H28N2O2/c1-3-9-22(10-4-1)25(20-27-14-16-28-17-15-27)26-19-21-8-7-13-24(18-21)29-23-11-5-2-6-12-23/h1-13,18,25-26H,14-17,19-20H2. The molecule has 0 aromatic heterocycles. The second-order valence-electron chi connectivity index (χ2n) is 7.32. The van der Waals surface area contributed by atoms with Crippen molar-refractivity contribution in [3.63, 3.8) is 0 Å². The van der Waals surface area contributed by atoms with Crippen molar-refractivity contribution in [3.05, 3.63) is 96.1 Å². The van der Waals surface area contributed by atoms with Gasteiger partial charge in [-0.1, -0.05) is 60.7 Å². The van der Waals surface area contributed by atoms with Crippen LogP contribution >= 0.6 is 0 Å². The molecule has 4 heteroatoms. The van der Waals surface area contributed by atoms with Gasteiger partial charge in [0.2, 0.25) is 0 Å². The monoisotopic (exact) mass is 388 g/mol. The van der Waals surface area contributed by atoms with Gasteiger partial charge in [0.15, 0.2) is 0 Å². The number of morpholine rings is 1. The summed E-state index contributed by atoms with van der Waals surface area (Å²) in [5.41, 5.74) is 2.53. The number of ether oxygens (including phenoxy) is 2. The van der Waals surface area contributed by atoms with Gasteiger partial charge < -0.3 is 14.8 Å². The smallest absolute Gasteiger partial charge is 0.127 e. The number of para-hydroxylation sites is 1. The Morgan fingerprint density at radius 1 is 0.828 bits per heavy atom. The lowest BCUT2D eigenvalue weighted by Crippen LogP contribution is -2.41. The van der Waals surface area contributed by atoms with Gasteiger partial charge in [-0.2, -0.15) is 0 Å². The van der Waals surface area contributed by atoms with Crippen molar-refractivity contribution in [2.45, 2.75) is 12.6 Å². The first-order chi connectivity index (χ1) is 14.4. The molecule has 1 N–H and O–H groups in total. The molecule has 1 aliphatic heterocycles. The average molecular weight is 389 g/mol. The Labute approximate surface area is 173 Å². The summed E-state index contributed by atoms with van der Waals surface area (Å²) in [4.78, 5) is 2.48. The van der Waals surface area contributed by atoms with E-state index in [0.717, 1.165) is 50.9 Å². The Morgan fingerprint density at radius 3 is 2.28 bits per heavy atom. The molecule has 0 amide bonds. The molecule has 150 valence electrons. The molecule has 3 aromatic rings. The average Bonchev–Trinajstić information content (AvgIpc) is 2.79. The van der Waals surface area contributed by atoms with E-state index in [9.17, 15) is 0 Å². The fraction of sp³-hybridized carbons (Fsp3) is 0.280. The molecule has 4 nitrogen and oxygen atoms in total. The molecule has 1 unspecified atom stereocenters. The first kappa shape index (κ1) is 19.6. The van der Waals surface area contributed by atoms with Gasteiger partial charge in [-0.15, -0.1) is 0 Å². The first-order valence-electron chi connectivity index (χ1n) is 10.3. The Kier molecular flexibility index (Phi) is 6.92. The normalized spacial score (nSPS) is 15.7. The van der Waals surface area contributed by atoms with Crippen LogP contribution in [0.4, 0.5) is 0 Å². The second-order valence-corrected chi connectivity index (χ2v) is 7.32. The topological polar surface area (TPSA) is 33.7 Å². The Morgan fingerprint density at radius 2 is 1.52 bits per heavy atom. The van der Waals surface area contributed by atoms with Gasteiger partial charge in [0, 0.05) is 32.2 Å². The Bertz CT molecular complexity index is 864. The minimum absolute atomic E-state index is 0.271. The molecule has 0 bridgehead atoms. The van der Waals surface area contributed by atoms with Gasteiger partial charge in [-0.25, -0.2) is 0 Å². The van der Waals surface area contributed by atoms with Crippen molar-refractivity contribution in [3.8, 4) is 11.5 Å². The molecule has 0 radical (unpaired) electrons. The van der Waals surface area contributed by atoms with Crippen molar-refractivity contribution in [1.82, 2.24) is 10.2 Å². The van der Waals surface area contributed by atoms with E-state index in [0.29, 0.717) is 0 Å². The lowest BCUT2D eigenvalue weighted by molar-refractivity contribution is 0.0333. The molecule has 0 aliphatic carbocycles. The number of hydrogen-bond donors (Lipinski definition) is 1. The van der Waals surface area contributed by atoms with Crippen molar-refractivity contribution in [1.29, 1.82) is 0 Å². The van der Waals surface area contributed by atoms with E-state index in [1.165, 1.54) is 11.1 Å². The summed E-state index contributed by atoms with van der Waals surface area (Å²) >= 11 is 0. The molecule has 1 fully saturated rings. The predicted molar refractivity (Wildman–Crippen MR) is 116 cm³/mol. The summed E-state index contributed by atoms with van der Waals surface area (Å²) in [6, 6.07) is 29.2. The number of nitrogens with zero attached hydrogens (tertiary/aromatic N) is 1. The van der Waals surface area contributed by atoms with Crippen molar-refractivity contribution in [2.24, 2.45) is 0 Å². The molecule has 0 saturated carbocycles. The van der Waals surface area contributed by atoms with Crippen LogP contribution in [0, 0.1) is 0 Å². The van der Waals surface area contributed by atoms with E-state index >= 15 is 0 Å². The van der Waals surface area contributed by atoms with Crippen LogP contribution in [-0.2, 0) is 11.3 Å².